The zero-order valence-corrected chi connectivity index (χ0v) is 6.58. The fourth-order valence-electron chi connectivity index (χ4n) is 1.75. The van der Waals surface area contributed by atoms with Gasteiger partial charge in [0, 0.05) is 25.7 Å². The van der Waals surface area contributed by atoms with E-state index < -0.39 is 0 Å². The van der Waals surface area contributed by atoms with Crippen LogP contribution in [0.3, 0.4) is 0 Å². The van der Waals surface area contributed by atoms with Crippen LogP contribution in [0.15, 0.2) is 0 Å². The highest BCUT2D eigenvalue weighted by Crippen LogP contribution is 2.35. The van der Waals surface area contributed by atoms with E-state index >= 15 is 0 Å². The van der Waals surface area contributed by atoms with Crippen LogP contribution in [0.4, 0.5) is 0 Å². The Morgan fingerprint density at radius 2 is 2.20 bits per heavy atom. The molecule has 0 amide bonds. The maximum atomic E-state index is 4.43. The van der Waals surface area contributed by atoms with Gasteiger partial charge in [-0.25, -0.2) is 5.32 Å². The SMILES string of the molecule is CN1CC[N]CC1C1CC1. The van der Waals surface area contributed by atoms with E-state index in [9.17, 15) is 0 Å². The maximum Gasteiger partial charge on any atom is 0.0292 e. The molecule has 2 nitrogen and oxygen atoms in total. The summed E-state index contributed by atoms with van der Waals surface area (Å²) < 4.78 is 0. The van der Waals surface area contributed by atoms with E-state index in [-0.39, 0.29) is 0 Å². The Hall–Kier alpha value is -0.0800. The van der Waals surface area contributed by atoms with Crippen LogP contribution in [0.1, 0.15) is 12.8 Å². The van der Waals surface area contributed by atoms with E-state index in [2.05, 4.69) is 17.3 Å². The zero-order valence-electron chi connectivity index (χ0n) is 6.58. The largest absolute Gasteiger partial charge is 0.300 e. The molecule has 2 fully saturated rings. The highest BCUT2D eigenvalue weighted by Gasteiger charge is 2.34. The first-order valence-electron chi connectivity index (χ1n) is 4.21. The molecule has 57 valence electrons. The van der Waals surface area contributed by atoms with Gasteiger partial charge in [-0.2, -0.15) is 0 Å². The van der Waals surface area contributed by atoms with Gasteiger partial charge in [-0.15, -0.1) is 0 Å². The molecule has 0 aromatic rings. The first-order chi connectivity index (χ1) is 4.88. The molecule has 2 rings (SSSR count). The lowest BCUT2D eigenvalue weighted by atomic mass is 10.1. The van der Waals surface area contributed by atoms with Crippen LogP contribution in [-0.4, -0.2) is 37.6 Å². The Labute approximate surface area is 62.6 Å². The van der Waals surface area contributed by atoms with E-state index in [0.29, 0.717) is 0 Å². The topological polar surface area (TPSA) is 17.3 Å². The number of likely N-dealkylation sites (N-methyl/N-ethyl adjacent to an activating group) is 1. The third-order valence-electron chi connectivity index (χ3n) is 2.66. The van der Waals surface area contributed by atoms with E-state index in [1.807, 2.05) is 0 Å². The van der Waals surface area contributed by atoms with Crippen LogP contribution >= 0.6 is 0 Å². The van der Waals surface area contributed by atoms with Crippen molar-refractivity contribution in [3.63, 3.8) is 0 Å². The Morgan fingerprint density at radius 1 is 1.40 bits per heavy atom. The minimum Gasteiger partial charge on any atom is -0.300 e. The van der Waals surface area contributed by atoms with Gasteiger partial charge in [0.05, 0.1) is 0 Å². The van der Waals surface area contributed by atoms with Gasteiger partial charge < -0.3 is 4.90 Å². The van der Waals surface area contributed by atoms with Crippen LogP contribution in [0.5, 0.6) is 0 Å². The van der Waals surface area contributed by atoms with E-state index in [4.69, 9.17) is 0 Å². The second kappa shape index (κ2) is 2.51. The number of hydrogen-bond acceptors (Lipinski definition) is 1. The Morgan fingerprint density at radius 3 is 2.80 bits per heavy atom. The van der Waals surface area contributed by atoms with Gasteiger partial charge >= 0.3 is 0 Å². The second-order valence-corrected chi connectivity index (χ2v) is 3.52. The molecule has 0 aromatic carbocycles. The highest BCUT2D eigenvalue weighted by molar-refractivity contribution is 4.90. The molecule has 1 radical (unpaired) electrons. The zero-order chi connectivity index (χ0) is 6.97. The van der Waals surface area contributed by atoms with Crippen LogP contribution in [0, 0.1) is 5.92 Å². The lowest BCUT2D eigenvalue weighted by Gasteiger charge is -2.32. The van der Waals surface area contributed by atoms with Crippen LogP contribution in [0.2, 0.25) is 0 Å². The average Bonchev–Trinajstić information content (AvgIpc) is 2.71. The average molecular weight is 139 g/mol. The summed E-state index contributed by atoms with van der Waals surface area (Å²) >= 11 is 0. The molecule has 1 heterocycles. The Kier molecular flexibility index (Phi) is 1.66. The molecule has 1 aliphatic carbocycles. The molecule has 10 heavy (non-hydrogen) atoms. The van der Waals surface area contributed by atoms with Crippen molar-refractivity contribution in [1.82, 2.24) is 10.2 Å². The fraction of sp³-hybridized carbons (Fsp3) is 1.00. The minimum absolute atomic E-state index is 0.800. The van der Waals surface area contributed by atoms with Crippen LogP contribution in [0.25, 0.3) is 0 Å². The maximum absolute atomic E-state index is 4.43. The molecule has 0 bridgehead atoms. The van der Waals surface area contributed by atoms with Gasteiger partial charge in [0.2, 0.25) is 0 Å². The quantitative estimate of drug-likeness (QED) is 0.511. The highest BCUT2D eigenvalue weighted by atomic mass is 15.2. The van der Waals surface area contributed by atoms with E-state index in [0.717, 1.165) is 25.0 Å². The summed E-state index contributed by atoms with van der Waals surface area (Å²) in [7, 11) is 2.23. The lowest BCUT2D eigenvalue weighted by molar-refractivity contribution is 0.177. The second-order valence-electron chi connectivity index (χ2n) is 3.52. The summed E-state index contributed by atoms with van der Waals surface area (Å²) in [5, 5.41) is 4.43. The summed E-state index contributed by atoms with van der Waals surface area (Å²) in [6.07, 6.45) is 2.90. The smallest absolute Gasteiger partial charge is 0.0292 e. The van der Waals surface area contributed by atoms with Crippen molar-refractivity contribution < 1.29 is 0 Å². The molecule has 1 aliphatic heterocycles. The molecule has 0 aromatic heterocycles. The standard InChI is InChI=1S/C8H15N2/c1-10-5-4-9-6-8(10)7-2-3-7/h7-8H,2-6H2,1H3. The monoisotopic (exact) mass is 139 g/mol. The van der Waals surface area contributed by atoms with Crippen molar-refractivity contribution in [1.29, 1.82) is 0 Å². The van der Waals surface area contributed by atoms with Crippen molar-refractivity contribution >= 4 is 0 Å². The summed E-state index contributed by atoms with van der Waals surface area (Å²) in [4.78, 5) is 2.48. The van der Waals surface area contributed by atoms with Gasteiger partial charge in [0.15, 0.2) is 0 Å². The first kappa shape index (κ1) is 6.62. The minimum atomic E-state index is 0.800. The lowest BCUT2D eigenvalue weighted by Crippen LogP contribution is -2.47. The molecule has 1 saturated heterocycles. The summed E-state index contributed by atoms with van der Waals surface area (Å²) in [6, 6.07) is 0.800. The van der Waals surface area contributed by atoms with Gasteiger partial charge in [0.1, 0.15) is 0 Å². The molecule has 0 N–H and O–H groups in total. The summed E-state index contributed by atoms with van der Waals surface area (Å²) in [6.45, 7) is 3.34. The Bertz CT molecular complexity index is 120. The van der Waals surface area contributed by atoms with Gasteiger partial charge in [-0.3, -0.25) is 0 Å². The predicted octanol–water partition coefficient (Wildman–Crippen LogP) is 0.315. The van der Waals surface area contributed by atoms with E-state index in [1.165, 1.54) is 19.4 Å². The Balaban J connectivity index is 1.90. The molecule has 1 unspecified atom stereocenters. The number of rotatable bonds is 1. The fourth-order valence-corrected chi connectivity index (χ4v) is 1.75. The van der Waals surface area contributed by atoms with Crippen molar-refractivity contribution in [2.75, 3.05) is 26.7 Å². The number of hydrogen-bond donors (Lipinski definition) is 0. The van der Waals surface area contributed by atoms with Crippen LogP contribution < -0.4 is 5.32 Å². The summed E-state index contributed by atoms with van der Waals surface area (Å²) in [5.41, 5.74) is 0. The molecular weight excluding hydrogens is 124 g/mol. The van der Waals surface area contributed by atoms with Crippen molar-refractivity contribution in [2.24, 2.45) is 5.92 Å². The van der Waals surface area contributed by atoms with Crippen molar-refractivity contribution in [3.05, 3.63) is 0 Å². The van der Waals surface area contributed by atoms with Crippen molar-refractivity contribution in [3.8, 4) is 0 Å². The third-order valence-corrected chi connectivity index (χ3v) is 2.66. The third kappa shape index (κ3) is 1.18. The molecule has 1 saturated carbocycles. The molecular formula is C8H15N2. The molecule has 1 atom stereocenters. The van der Waals surface area contributed by atoms with Crippen molar-refractivity contribution in [2.45, 2.75) is 18.9 Å². The van der Waals surface area contributed by atoms with Gasteiger partial charge in [0.25, 0.3) is 0 Å². The first-order valence-corrected chi connectivity index (χ1v) is 4.21. The molecule has 0 spiro atoms. The molecule has 2 heteroatoms. The molecule has 2 aliphatic rings. The van der Waals surface area contributed by atoms with Gasteiger partial charge in [-0.05, 0) is 25.8 Å². The summed E-state index contributed by atoms with van der Waals surface area (Å²) in [5.74, 6) is 0.994. The van der Waals surface area contributed by atoms with E-state index in [1.54, 1.807) is 0 Å². The van der Waals surface area contributed by atoms with Crippen LogP contribution in [-0.2, 0) is 0 Å². The number of nitrogens with zero attached hydrogens (tertiary/aromatic N) is 2. The normalized spacial score (nSPS) is 36.3. The predicted molar refractivity (Wildman–Crippen MR) is 41.0 cm³/mol. The number of piperazine rings is 1. The van der Waals surface area contributed by atoms with Gasteiger partial charge in [-0.1, -0.05) is 0 Å².